The van der Waals surface area contributed by atoms with Gasteiger partial charge in [0.25, 0.3) is 0 Å². The number of nitrogens with zero attached hydrogens (tertiary/aromatic N) is 8. The van der Waals surface area contributed by atoms with Crippen molar-refractivity contribution in [1.29, 1.82) is 0 Å². The highest BCUT2D eigenvalue weighted by molar-refractivity contribution is 6.06. The van der Waals surface area contributed by atoms with Crippen molar-refractivity contribution in [3.63, 3.8) is 0 Å². The van der Waals surface area contributed by atoms with Crippen LogP contribution in [0.3, 0.4) is 0 Å². The molecule has 6 rings (SSSR count). The van der Waals surface area contributed by atoms with E-state index in [1.54, 1.807) is 0 Å². The van der Waals surface area contributed by atoms with E-state index >= 15 is 0 Å². The summed E-state index contributed by atoms with van der Waals surface area (Å²) in [5.41, 5.74) is 2.02. The zero-order valence-electron chi connectivity index (χ0n) is 20.9. The number of anilines is 3. The maximum Gasteiger partial charge on any atom is 0.320 e. The van der Waals surface area contributed by atoms with Gasteiger partial charge in [-0.15, -0.1) is 10.2 Å². The van der Waals surface area contributed by atoms with Crippen molar-refractivity contribution in [2.24, 2.45) is 0 Å². The smallest absolute Gasteiger partial charge is 0.320 e. The van der Waals surface area contributed by atoms with Crippen molar-refractivity contribution in [3.05, 3.63) is 36.8 Å². The molecule has 1 atom stereocenters. The number of fused-ring (bicyclic) bond motifs is 3. The summed E-state index contributed by atoms with van der Waals surface area (Å²) in [7, 11) is 0. The fourth-order valence-electron chi connectivity index (χ4n) is 5.79. The second kappa shape index (κ2) is 9.89. The summed E-state index contributed by atoms with van der Waals surface area (Å²) in [5.74, 6) is 1.08. The van der Waals surface area contributed by atoms with Crippen LogP contribution in [0, 0.1) is 0 Å². The molecule has 2 aliphatic rings. The van der Waals surface area contributed by atoms with Gasteiger partial charge in [-0.05, 0) is 37.5 Å². The largest absolute Gasteiger partial charge is 0.480 e. The highest BCUT2D eigenvalue weighted by Crippen LogP contribution is 2.37. The quantitative estimate of drug-likeness (QED) is 0.388. The van der Waals surface area contributed by atoms with Gasteiger partial charge in [-0.3, -0.25) is 14.7 Å². The van der Waals surface area contributed by atoms with E-state index in [1.165, 1.54) is 12.8 Å². The van der Waals surface area contributed by atoms with Crippen LogP contribution in [0.2, 0.25) is 0 Å². The number of aromatic nitrogens is 6. The summed E-state index contributed by atoms with van der Waals surface area (Å²) < 4.78 is 2.33. The zero-order valence-corrected chi connectivity index (χ0v) is 20.9. The highest BCUT2D eigenvalue weighted by atomic mass is 16.4. The van der Waals surface area contributed by atoms with Gasteiger partial charge in [-0.2, -0.15) is 4.98 Å². The first-order chi connectivity index (χ1) is 18.1. The van der Waals surface area contributed by atoms with Crippen LogP contribution in [0.5, 0.6) is 0 Å². The number of carbonyl (C=O) groups is 1. The summed E-state index contributed by atoms with van der Waals surface area (Å²) in [4.78, 5) is 29.5. The second-order valence-corrected chi connectivity index (χ2v) is 9.82. The van der Waals surface area contributed by atoms with Gasteiger partial charge in [0.2, 0.25) is 5.95 Å². The normalized spacial score (nSPS) is 18.0. The molecule has 5 heterocycles. The maximum atomic E-state index is 11.5. The second-order valence-electron chi connectivity index (χ2n) is 9.82. The maximum absolute atomic E-state index is 11.5. The molecule has 0 spiro atoms. The molecular weight excluding hydrogens is 470 g/mol. The van der Waals surface area contributed by atoms with Gasteiger partial charge < -0.3 is 19.9 Å². The molecule has 2 N–H and O–H groups in total. The number of hydrogen-bond acceptors (Lipinski definition) is 9. The van der Waals surface area contributed by atoms with Crippen molar-refractivity contribution < 1.29 is 9.90 Å². The van der Waals surface area contributed by atoms with Gasteiger partial charge in [0.15, 0.2) is 11.6 Å². The predicted molar refractivity (Wildman–Crippen MR) is 141 cm³/mol. The lowest BCUT2D eigenvalue weighted by Crippen LogP contribution is -2.52. The van der Waals surface area contributed by atoms with Crippen LogP contribution in [0.4, 0.5) is 17.6 Å². The fourth-order valence-corrected chi connectivity index (χ4v) is 5.79. The van der Waals surface area contributed by atoms with Gasteiger partial charge in [0.1, 0.15) is 11.7 Å². The van der Waals surface area contributed by atoms with Gasteiger partial charge in [0, 0.05) is 55.4 Å². The topological polar surface area (TPSA) is 125 Å². The van der Waals surface area contributed by atoms with E-state index in [9.17, 15) is 9.90 Å². The van der Waals surface area contributed by atoms with E-state index in [2.05, 4.69) is 34.9 Å². The molecule has 4 aromatic heterocycles. The molecule has 0 radical (unpaired) electrons. The van der Waals surface area contributed by atoms with Crippen LogP contribution in [-0.4, -0.2) is 77.9 Å². The Bertz CT molecular complexity index is 1410. The minimum absolute atomic E-state index is 0.426. The third-order valence-electron chi connectivity index (χ3n) is 7.68. The van der Waals surface area contributed by atoms with Crippen molar-refractivity contribution in [2.75, 3.05) is 36.4 Å². The Labute approximate surface area is 214 Å². The molecular formula is C26H31N9O2. The van der Waals surface area contributed by atoms with E-state index in [0.29, 0.717) is 50.4 Å². The Balaban J connectivity index is 1.19. The van der Waals surface area contributed by atoms with E-state index in [0.717, 1.165) is 40.6 Å². The highest BCUT2D eigenvalue weighted by Gasteiger charge is 2.28. The lowest BCUT2D eigenvalue weighted by Gasteiger charge is -2.37. The molecule has 2 fully saturated rings. The number of nitrogens with one attached hydrogen (secondary N) is 1. The number of rotatable bonds is 7. The average molecular weight is 502 g/mol. The fraction of sp³-hybridized carbons (Fsp3) is 0.462. The zero-order chi connectivity index (χ0) is 25.4. The van der Waals surface area contributed by atoms with Crippen LogP contribution in [0.15, 0.2) is 36.8 Å². The molecule has 0 amide bonds. The molecule has 1 aliphatic carbocycles. The SMILES string of the molecule is CCC(C(=O)O)N1CCN(c2ccc(Nc3ncc4c5ccncc5n(C5CCCC5)c4n3)nn2)CC1. The monoisotopic (exact) mass is 501 g/mol. The van der Waals surface area contributed by atoms with E-state index in [-0.39, 0.29) is 0 Å². The molecule has 192 valence electrons. The van der Waals surface area contributed by atoms with E-state index in [4.69, 9.17) is 4.98 Å². The van der Waals surface area contributed by atoms with Gasteiger partial charge in [-0.25, -0.2) is 4.98 Å². The number of piperazine rings is 1. The molecule has 1 unspecified atom stereocenters. The molecule has 4 aromatic rings. The Morgan fingerprint density at radius 3 is 2.59 bits per heavy atom. The van der Waals surface area contributed by atoms with Crippen LogP contribution in [0.25, 0.3) is 21.9 Å². The van der Waals surface area contributed by atoms with E-state index in [1.807, 2.05) is 48.6 Å². The lowest BCUT2D eigenvalue weighted by atomic mass is 10.1. The standard InChI is InChI=1S/C26H31N9O2/c1-2-20(25(36)37)33-11-13-34(14-12-33)23-8-7-22(31-32-23)29-26-28-15-19-18-9-10-27-16-21(18)35(24(19)30-26)17-5-3-4-6-17/h7-10,15-17,20H,2-6,11-14H2,1H3,(H,36,37)(H,28,29,30,31). The van der Waals surface area contributed by atoms with Gasteiger partial charge >= 0.3 is 5.97 Å². The van der Waals surface area contributed by atoms with Gasteiger partial charge in [-0.1, -0.05) is 19.8 Å². The number of carboxylic acids is 1. The molecule has 1 aliphatic heterocycles. The number of carboxylic acid groups (broad SMARTS) is 1. The summed E-state index contributed by atoms with van der Waals surface area (Å²) in [6, 6.07) is 5.84. The Morgan fingerprint density at radius 1 is 1.08 bits per heavy atom. The minimum Gasteiger partial charge on any atom is -0.480 e. The third kappa shape index (κ3) is 4.43. The summed E-state index contributed by atoms with van der Waals surface area (Å²) >= 11 is 0. The van der Waals surface area contributed by atoms with Crippen LogP contribution >= 0.6 is 0 Å². The first-order valence-electron chi connectivity index (χ1n) is 13.1. The van der Waals surface area contributed by atoms with Gasteiger partial charge in [0.05, 0.1) is 11.7 Å². The third-order valence-corrected chi connectivity index (χ3v) is 7.68. The Kier molecular flexibility index (Phi) is 6.29. The van der Waals surface area contributed by atoms with Crippen molar-refractivity contribution in [1.82, 2.24) is 34.6 Å². The first kappa shape index (κ1) is 23.5. The predicted octanol–water partition coefficient (Wildman–Crippen LogP) is 3.61. The summed E-state index contributed by atoms with van der Waals surface area (Å²) in [6.45, 7) is 4.71. The van der Waals surface area contributed by atoms with Crippen LogP contribution in [-0.2, 0) is 4.79 Å². The number of aliphatic carboxylic acids is 1. The number of pyridine rings is 1. The van der Waals surface area contributed by atoms with Crippen molar-refractivity contribution in [2.45, 2.75) is 51.1 Å². The molecule has 0 aromatic carbocycles. The average Bonchev–Trinajstić information content (AvgIpc) is 3.56. The van der Waals surface area contributed by atoms with E-state index < -0.39 is 12.0 Å². The Hall–Kier alpha value is -3.86. The molecule has 37 heavy (non-hydrogen) atoms. The lowest BCUT2D eigenvalue weighted by molar-refractivity contribution is -0.143. The molecule has 11 nitrogen and oxygen atoms in total. The molecule has 1 saturated carbocycles. The van der Waals surface area contributed by atoms with Crippen LogP contribution in [0.1, 0.15) is 45.1 Å². The number of hydrogen-bond donors (Lipinski definition) is 2. The minimum atomic E-state index is -0.758. The van der Waals surface area contributed by atoms with Crippen LogP contribution < -0.4 is 10.2 Å². The summed E-state index contributed by atoms with van der Waals surface area (Å²) in [6.07, 6.45) is 11.0. The van der Waals surface area contributed by atoms with Crippen molar-refractivity contribution >= 4 is 45.5 Å². The van der Waals surface area contributed by atoms with Crippen molar-refractivity contribution in [3.8, 4) is 0 Å². The molecule has 1 saturated heterocycles. The molecule has 0 bridgehead atoms. The first-order valence-corrected chi connectivity index (χ1v) is 13.1. The summed E-state index contributed by atoms with van der Waals surface area (Å²) in [5, 5.41) is 23.6. The Morgan fingerprint density at radius 2 is 1.89 bits per heavy atom. The molecule has 11 heteroatoms.